The number of nitrogens with zero attached hydrogens (tertiary/aromatic N) is 2. The SMILES string of the molecule is Nc1ccc(C=CC(=O)NCCCOc2ccc(-c3ccc(C(=O)N4CCOCC4)cc3)cc2Cl)cn1. The molecule has 0 bridgehead atoms. The summed E-state index contributed by atoms with van der Waals surface area (Å²) in [6.07, 6.45) is 5.36. The summed E-state index contributed by atoms with van der Waals surface area (Å²) in [5.41, 5.74) is 8.88. The summed E-state index contributed by atoms with van der Waals surface area (Å²) >= 11 is 6.45. The number of hydrogen-bond donors (Lipinski definition) is 2. The molecule has 2 amide bonds. The molecule has 2 aromatic carbocycles. The van der Waals surface area contributed by atoms with Crippen LogP contribution in [0.1, 0.15) is 22.3 Å². The number of hydrogen-bond acceptors (Lipinski definition) is 6. The summed E-state index contributed by atoms with van der Waals surface area (Å²) < 4.78 is 11.1. The van der Waals surface area contributed by atoms with E-state index in [1.54, 1.807) is 24.4 Å². The van der Waals surface area contributed by atoms with Crippen LogP contribution >= 0.6 is 11.6 Å². The fraction of sp³-hybridized carbons (Fsp3) is 0.250. The second-order valence-electron chi connectivity index (χ2n) is 8.47. The van der Waals surface area contributed by atoms with Gasteiger partial charge in [-0.15, -0.1) is 0 Å². The summed E-state index contributed by atoms with van der Waals surface area (Å²) in [5, 5.41) is 3.31. The van der Waals surface area contributed by atoms with E-state index in [0.717, 1.165) is 16.7 Å². The molecule has 4 rings (SSSR count). The Labute approximate surface area is 221 Å². The van der Waals surface area contributed by atoms with E-state index < -0.39 is 0 Å². The molecule has 0 radical (unpaired) electrons. The van der Waals surface area contributed by atoms with Gasteiger partial charge in [0.05, 0.1) is 24.8 Å². The first-order valence-electron chi connectivity index (χ1n) is 12.1. The number of benzene rings is 2. The standard InChI is InChI=1S/C28H29ClN4O4/c29-24-18-23(21-4-6-22(7-5-21)28(35)33-13-16-36-17-14-33)8-9-25(24)37-15-1-12-31-27(34)11-3-20-2-10-26(30)32-19-20/h2-11,18-19H,1,12-17H2,(H2,30,32)(H,31,34). The van der Waals surface area contributed by atoms with E-state index in [4.69, 9.17) is 26.8 Å². The third-order valence-corrected chi connectivity index (χ3v) is 6.11. The lowest BCUT2D eigenvalue weighted by Gasteiger charge is -2.26. The highest BCUT2D eigenvalue weighted by Gasteiger charge is 2.18. The zero-order chi connectivity index (χ0) is 26.0. The van der Waals surface area contributed by atoms with E-state index in [1.165, 1.54) is 6.08 Å². The van der Waals surface area contributed by atoms with Gasteiger partial charge in [-0.05, 0) is 65.6 Å². The topological polar surface area (TPSA) is 107 Å². The Morgan fingerprint density at radius 1 is 1.08 bits per heavy atom. The highest BCUT2D eigenvalue weighted by Crippen LogP contribution is 2.30. The third-order valence-electron chi connectivity index (χ3n) is 5.81. The lowest BCUT2D eigenvalue weighted by atomic mass is 10.0. The first-order valence-corrected chi connectivity index (χ1v) is 12.4. The molecule has 0 spiro atoms. The maximum atomic E-state index is 12.6. The Morgan fingerprint density at radius 2 is 1.84 bits per heavy atom. The molecule has 0 atom stereocenters. The summed E-state index contributed by atoms with van der Waals surface area (Å²) in [4.78, 5) is 30.4. The minimum absolute atomic E-state index is 0.0166. The number of morpholine rings is 1. The number of carbonyl (C=O) groups excluding carboxylic acids is 2. The van der Waals surface area contributed by atoms with Gasteiger partial charge in [-0.2, -0.15) is 0 Å². The van der Waals surface area contributed by atoms with Crippen LogP contribution in [0.5, 0.6) is 5.75 Å². The second-order valence-corrected chi connectivity index (χ2v) is 8.88. The molecule has 37 heavy (non-hydrogen) atoms. The van der Waals surface area contributed by atoms with E-state index in [-0.39, 0.29) is 11.8 Å². The average Bonchev–Trinajstić information content (AvgIpc) is 2.93. The van der Waals surface area contributed by atoms with Crippen molar-refractivity contribution in [2.45, 2.75) is 6.42 Å². The van der Waals surface area contributed by atoms with Crippen LogP contribution < -0.4 is 15.8 Å². The van der Waals surface area contributed by atoms with Gasteiger partial charge < -0.3 is 25.4 Å². The molecule has 1 aliphatic rings. The molecule has 0 aliphatic carbocycles. The van der Waals surface area contributed by atoms with Crippen LogP contribution in [0.25, 0.3) is 17.2 Å². The average molecular weight is 521 g/mol. The van der Waals surface area contributed by atoms with Crippen LogP contribution in [0.3, 0.4) is 0 Å². The zero-order valence-corrected chi connectivity index (χ0v) is 21.1. The predicted molar refractivity (Wildman–Crippen MR) is 144 cm³/mol. The molecule has 9 heteroatoms. The molecule has 192 valence electrons. The van der Waals surface area contributed by atoms with Crippen LogP contribution in [-0.2, 0) is 9.53 Å². The van der Waals surface area contributed by atoms with Crippen LogP contribution in [0.4, 0.5) is 5.82 Å². The van der Waals surface area contributed by atoms with Gasteiger partial charge in [0.2, 0.25) is 5.91 Å². The number of aromatic nitrogens is 1. The fourth-order valence-electron chi connectivity index (χ4n) is 3.76. The molecular formula is C28H29ClN4O4. The van der Waals surface area contributed by atoms with Gasteiger partial charge in [0, 0.05) is 37.5 Å². The Bertz CT molecular complexity index is 1240. The molecule has 1 fully saturated rings. The zero-order valence-electron chi connectivity index (χ0n) is 20.4. The highest BCUT2D eigenvalue weighted by molar-refractivity contribution is 6.32. The van der Waals surface area contributed by atoms with Crippen molar-refractivity contribution in [1.82, 2.24) is 15.2 Å². The third kappa shape index (κ3) is 7.55. The largest absolute Gasteiger partial charge is 0.492 e. The highest BCUT2D eigenvalue weighted by atomic mass is 35.5. The Hall–Kier alpha value is -3.88. The lowest BCUT2D eigenvalue weighted by molar-refractivity contribution is -0.116. The number of ether oxygens (including phenoxy) is 2. The molecule has 8 nitrogen and oxygen atoms in total. The number of nitrogen functional groups attached to an aromatic ring is 1. The van der Waals surface area contributed by atoms with Crippen molar-refractivity contribution in [3.8, 4) is 16.9 Å². The van der Waals surface area contributed by atoms with Gasteiger partial charge in [0.1, 0.15) is 11.6 Å². The van der Waals surface area contributed by atoms with Crippen LogP contribution in [0.15, 0.2) is 66.9 Å². The molecule has 1 saturated heterocycles. The summed E-state index contributed by atoms with van der Waals surface area (Å²) in [7, 11) is 0. The van der Waals surface area contributed by atoms with Crippen molar-refractivity contribution in [1.29, 1.82) is 0 Å². The van der Waals surface area contributed by atoms with E-state index in [2.05, 4.69) is 10.3 Å². The number of amides is 2. The Morgan fingerprint density at radius 3 is 2.54 bits per heavy atom. The van der Waals surface area contributed by atoms with Crippen molar-refractivity contribution < 1.29 is 19.1 Å². The Balaban J connectivity index is 1.22. The molecule has 3 N–H and O–H groups in total. The molecular weight excluding hydrogens is 492 g/mol. The quantitative estimate of drug-likeness (QED) is 0.325. The Kier molecular flexibility index (Phi) is 9.13. The first kappa shape index (κ1) is 26.2. The number of nitrogens with one attached hydrogen (secondary N) is 1. The number of anilines is 1. The maximum Gasteiger partial charge on any atom is 0.254 e. The number of halogens is 1. The molecule has 3 aromatic rings. The summed E-state index contributed by atoms with van der Waals surface area (Å²) in [5.74, 6) is 0.828. The van der Waals surface area contributed by atoms with Gasteiger partial charge in [0.25, 0.3) is 5.91 Å². The van der Waals surface area contributed by atoms with E-state index >= 15 is 0 Å². The van der Waals surface area contributed by atoms with Gasteiger partial charge in [0.15, 0.2) is 0 Å². The molecule has 0 unspecified atom stereocenters. The van der Waals surface area contributed by atoms with Crippen molar-refractivity contribution in [3.63, 3.8) is 0 Å². The molecule has 1 aromatic heterocycles. The van der Waals surface area contributed by atoms with Crippen LogP contribution in [0.2, 0.25) is 5.02 Å². The van der Waals surface area contributed by atoms with Gasteiger partial charge in [-0.1, -0.05) is 29.8 Å². The van der Waals surface area contributed by atoms with Crippen molar-refractivity contribution in [2.24, 2.45) is 0 Å². The van der Waals surface area contributed by atoms with E-state index in [9.17, 15) is 9.59 Å². The summed E-state index contributed by atoms with van der Waals surface area (Å²) in [6, 6.07) is 16.6. The number of nitrogens with two attached hydrogens (primary N) is 1. The van der Waals surface area contributed by atoms with Gasteiger partial charge in [-0.25, -0.2) is 4.98 Å². The lowest BCUT2D eigenvalue weighted by Crippen LogP contribution is -2.40. The van der Waals surface area contributed by atoms with E-state index in [0.29, 0.717) is 68.0 Å². The smallest absolute Gasteiger partial charge is 0.254 e. The molecule has 1 aliphatic heterocycles. The second kappa shape index (κ2) is 12.9. The van der Waals surface area contributed by atoms with Crippen molar-refractivity contribution in [3.05, 3.63) is 83.0 Å². The maximum absolute atomic E-state index is 12.6. The predicted octanol–water partition coefficient (Wildman–Crippen LogP) is 4.06. The summed E-state index contributed by atoms with van der Waals surface area (Å²) in [6.45, 7) is 3.25. The van der Waals surface area contributed by atoms with Crippen LogP contribution in [0, 0.1) is 0 Å². The number of rotatable bonds is 9. The number of carbonyl (C=O) groups is 2. The molecule has 0 saturated carbocycles. The van der Waals surface area contributed by atoms with Crippen molar-refractivity contribution >= 4 is 35.3 Å². The molecule has 2 heterocycles. The fourth-order valence-corrected chi connectivity index (χ4v) is 4.00. The van der Waals surface area contributed by atoms with Crippen molar-refractivity contribution in [2.75, 3.05) is 45.2 Å². The minimum Gasteiger partial charge on any atom is -0.492 e. The van der Waals surface area contributed by atoms with E-state index in [1.807, 2.05) is 47.4 Å². The van der Waals surface area contributed by atoms with Gasteiger partial charge in [-0.3, -0.25) is 9.59 Å². The number of pyridine rings is 1. The normalized spacial score (nSPS) is 13.5. The minimum atomic E-state index is -0.197. The first-order chi connectivity index (χ1) is 18.0. The monoisotopic (exact) mass is 520 g/mol. The van der Waals surface area contributed by atoms with Crippen LogP contribution in [-0.4, -0.2) is 61.2 Å². The van der Waals surface area contributed by atoms with Gasteiger partial charge >= 0.3 is 0 Å².